The molecule has 23 heavy (non-hydrogen) atoms. The molecule has 1 N–H and O–H groups in total. The molecule has 0 heterocycles. The minimum Gasteiger partial charge on any atom is -0.494 e. The van der Waals surface area contributed by atoms with Gasteiger partial charge in [0.1, 0.15) is 11.7 Å². The molecule has 1 unspecified atom stereocenters. The van der Waals surface area contributed by atoms with E-state index in [0.717, 1.165) is 4.47 Å². The average molecular weight is 381 g/mol. The van der Waals surface area contributed by atoms with E-state index in [9.17, 15) is 9.59 Å². The van der Waals surface area contributed by atoms with Crippen LogP contribution in [0.15, 0.2) is 28.7 Å². The van der Waals surface area contributed by atoms with Gasteiger partial charge < -0.3 is 14.9 Å². The molecule has 1 atom stereocenters. The fourth-order valence-corrected chi connectivity index (χ4v) is 1.92. The van der Waals surface area contributed by atoms with Crippen molar-refractivity contribution in [2.24, 2.45) is 5.92 Å². The van der Waals surface area contributed by atoms with Gasteiger partial charge in [0.15, 0.2) is 12.4 Å². The van der Waals surface area contributed by atoms with Crippen LogP contribution in [0.2, 0.25) is 0 Å². The van der Waals surface area contributed by atoms with E-state index in [2.05, 4.69) is 15.9 Å². The molecule has 0 saturated heterocycles. The van der Waals surface area contributed by atoms with Crippen molar-refractivity contribution in [3.05, 3.63) is 28.7 Å². The summed E-state index contributed by atoms with van der Waals surface area (Å²) in [5.41, 5.74) is -0.0588. The van der Waals surface area contributed by atoms with Crippen LogP contribution < -0.4 is 4.74 Å². The van der Waals surface area contributed by atoms with Gasteiger partial charge in [-0.2, -0.15) is 5.26 Å². The van der Waals surface area contributed by atoms with Crippen LogP contribution in [0, 0.1) is 22.7 Å². The fraction of sp³-hybridized carbons (Fsp3) is 0.375. The summed E-state index contributed by atoms with van der Waals surface area (Å²) in [7, 11) is 0. The summed E-state index contributed by atoms with van der Waals surface area (Å²) >= 11 is 3.32. The van der Waals surface area contributed by atoms with E-state index in [1.54, 1.807) is 6.07 Å². The number of benzene rings is 1. The molecule has 0 amide bonds. The van der Waals surface area contributed by atoms with Gasteiger partial charge in [-0.3, -0.25) is 9.59 Å². The Morgan fingerprint density at radius 2 is 2.00 bits per heavy atom. The van der Waals surface area contributed by atoms with Crippen LogP contribution in [0.3, 0.4) is 0 Å². The van der Waals surface area contributed by atoms with E-state index in [1.807, 2.05) is 24.3 Å². The van der Waals surface area contributed by atoms with E-state index in [1.165, 1.54) is 6.92 Å². The van der Waals surface area contributed by atoms with Gasteiger partial charge in [-0.15, -0.1) is 0 Å². The van der Waals surface area contributed by atoms with Gasteiger partial charge in [0.05, 0.1) is 12.7 Å². The van der Waals surface area contributed by atoms with E-state index in [4.69, 9.17) is 20.1 Å². The van der Waals surface area contributed by atoms with Gasteiger partial charge in [-0.05, 0) is 37.6 Å². The highest BCUT2D eigenvalue weighted by molar-refractivity contribution is 9.10. The number of Topliss-reactive ketones (excluding diaryl/α,β-unsaturated/α-hetero) is 1. The number of nitrogens with zero attached hydrogens (tertiary/aromatic N) is 1. The van der Waals surface area contributed by atoms with E-state index in [0.29, 0.717) is 18.8 Å². The number of carbonyl (C=O) groups is 2. The number of carbonyl (C=O) groups excluding carboxylic acids is 2. The minimum atomic E-state index is -1.15. The zero-order valence-electron chi connectivity index (χ0n) is 12.7. The van der Waals surface area contributed by atoms with Crippen LogP contribution >= 0.6 is 15.9 Å². The summed E-state index contributed by atoms with van der Waals surface area (Å²) in [4.78, 5) is 23.1. The van der Waals surface area contributed by atoms with Crippen molar-refractivity contribution in [2.45, 2.75) is 19.8 Å². The minimum absolute atomic E-state index is 0.0588. The lowest BCUT2D eigenvalue weighted by molar-refractivity contribution is -0.148. The number of hydrogen-bond donors (Lipinski definition) is 1. The SMILES string of the molecule is CC(=N)C(C#N)C(=O)COC(=O)CCCOc1ccc(Br)cc1. The number of hydrogen-bond acceptors (Lipinski definition) is 6. The summed E-state index contributed by atoms with van der Waals surface area (Å²) in [6, 6.07) is 9.03. The van der Waals surface area contributed by atoms with Gasteiger partial charge in [-0.1, -0.05) is 15.9 Å². The number of halogens is 1. The van der Waals surface area contributed by atoms with Crippen molar-refractivity contribution in [1.29, 1.82) is 10.7 Å². The second kappa shape index (κ2) is 9.74. The maximum absolute atomic E-state index is 11.6. The first-order valence-corrected chi connectivity index (χ1v) is 7.74. The molecule has 0 bridgehead atoms. The third kappa shape index (κ3) is 7.06. The number of esters is 1. The Hall–Kier alpha value is -2.20. The van der Waals surface area contributed by atoms with Crippen molar-refractivity contribution in [3.8, 4) is 11.8 Å². The Balaban J connectivity index is 2.22. The molecule has 0 spiro atoms. The molecule has 0 aliphatic rings. The van der Waals surface area contributed by atoms with E-state index in [-0.39, 0.29) is 12.1 Å². The summed E-state index contributed by atoms with van der Waals surface area (Å²) in [6.45, 7) is 1.24. The average Bonchev–Trinajstić information content (AvgIpc) is 2.51. The lowest BCUT2D eigenvalue weighted by Gasteiger charge is -2.08. The zero-order chi connectivity index (χ0) is 17.2. The maximum Gasteiger partial charge on any atom is 0.306 e. The Kier molecular flexibility index (Phi) is 7.98. The zero-order valence-corrected chi connectivity index (χ0v) is 14.3. The van der Waals surface area contributed by atoms with Crippen LogP contribution in [0.1, 0.15) is 19.8 Å². The number of nitriles is 1. The Morgan fingerprint density at radius 3 is 2.57 bits per heavy atom. The third-order valence-electron chi connectivity index (χ3n) is 2.87. The van der Waals surface area contributed by atoms with Crippen molar-refractivity contribution >= 4 is 33.4 Å². The predicted octanol–water partition coefficient (Wildman–Crippen LogP) is 2.90. The van der Waals surface area contributed by atoms with Crippen LogP contribution in [-0.4, -0.2) is 30.7 Å². The Bertz CT molecular complexity index is 608. The standard InChI is InChI=1S/C16H17BrN2O4/c1-11(19)14(9-18)15(20)10-23-16(21)3-2-8-22-13-6-4-12(17)5-7-13/h4-7,14,19H,2-3,8,10H2,1H3. The molecule has 0 fully saturated rings. The summed E-state index contributed by atoms with van der Waals surface area (Å²) in [6.07, 6.45) is 0.568. The fourth-order valence-electron chi connectivity index (χ4n) is 1.65. The molecule has 0 aliphatic heterocycles. The molecule has 0 aromatic heterocycles. The molecule has 7 heteroatoms. The first-order chi connectivity index (χ1) is 10.9. The number of ether oxygens (including phenoxy) is 2. The van der Waals surface area contributed by atoms with Crippen molar-refractivity contribution in [3.63, 3.8) is 0 Å². The summed E-state index contributed by atoms with van der Waals surface area (Å²) < 4.78 is 11.2. The molecule has 0 radical (unpaired) electrons. The Labute approximate surface area is 143 Å². The van der Waals surface area contributed by atoms with Crippen LogP contribution in [0.5, 0.6) is 5.75 Å². The lowest BCUT2D eigenvalue weighted by atomic mass is 10.0. The maximum atomic E-state index is 11.6. The van der Waals surface area contributed by atoms with Crippen LogP contribution in [0.4, 0.5) is 0 Å². The second-order valence-electron chi connectivity index (χ2n) is 4.78. The van der Waals surface area contributed by atoms with Crippen molar-refractivity contribution in [1.82, 2.24) is 0 Å². The molecule has 0 aliphatic carbocycles. The molecule has 1 rings (SSSR count). The number of ketones is 1. The summed E-state index contributed by atoms with van der Waals surface area (Å²) in [5, 5.41) is 16.1. The molecule has 122 valence electrons. The van der Waals surface area contributed by atoms with Crippen LogP contribution in [-0.2, 0) is 14.3 Å². The second-order valence-corrected chi connectivity index (χ2v) is 5.69. The topological polar surface area (TPSA) is 100 Å². The molecular formula is C16H17BrN2O4. The van der Waals surface area contributed by atoms with Crippen molar-refractivity contribution < 1.29 is 19.1 Å². The van der Waals surface area contributed by atoms with Crippen molar-refractivity contribution in [2.75, 3.05) is 13.2 Å². The first kappa shape index (κ1) is 18.8. The third-order valence-corrected chi connectivity index (χ3v) is 3.40. The number of rotatable bonds is 9. The molecule has 6 nitrogen and oxygen atoms in total. The molecule has 0 saturated carbocycles. The summed E-state index contributed by atoms with van der Waals surface area (Å²) in [5.74, 6) is -1.56. The predicted molar refractivity (Wildman–Crippen MR) is 87.3 cm³/mol. The van der Waals surface area contributed by atoms with Gasteiger partial charge in [0, 0.05) is 16.6 Å². The highest BCUT2D eigenvalue weighted by Gasteiger charge is 2.21. The lowest BCUT2D eigenvalue weighted by Crippen LogP contribution is -2.25. The molecule has 1 aromatic rings. The van der Waals surface area contributed by atoms with Crippen LogP contribution in [0.25, 0.3) is 0 Å². The highest BCUT2D eigenvalue weighted by atomic mass is 79.9. The van der Waals surface area contributed by atoms with Gasteiger partial charge in [0.2, 0.25) is 0 Å². The molecule has 1 aromatic carbocycles. The van der Waals surface area contributed by atoms with Gasteiger partial charge >= 0.3 is 5.97 Å². The van der Waals surface area contributed by atoms with Gasteiger partial charge in [-0.25, -0.2) is 0 Å². The quantitative estimate of drug-likeness (QED) is 0.403. The normalized spacial score (nSPS) is 11.2. The van der Waals surface area contributed by atoms with E-state index < -0.39 is 24.3 Å². The number of nitrogens with one attached hydrogen (secondary N) is 1. The highest BCUT2D eigenvalue weighted by Crippen LogP contribution is 2.16. The van der Waals surface area contributed by atoms with Gasteiger partial charge in [0.25, 0.3) is 0 Å². The first-order valence-electron chi connectivity index (χ1n) is 6.95. The largest absolute Gasteiger partial charge is 0.494 e. The Morgan fingerprint density at radius 1 is 1.35 bits per heavy atom. The smallest absolute Gasteiger partial charge is 0.306 e. The molecular weight excluding hydrogens is 364 g/mol. The monoisotopic (exact) mass is 380 g/mol. The van der Waals surface area contributed by atoms with E-state index >= 15 is 0 Å².